The van der Waals surface area contributed by atoms with Crippen molar-refractivity contribution in [2.24, 2.45) is 0 Å². The number of rotatable bonds is 2. The van der Waals surface area contributed by atoms with Crippen molar-refractivity contribution >= 4 is 11.4 Å². The fourth-order valence-corrected chi connectivity index (χ4v) is 1.02. The van der Waals surface area contributed by atoms with Gasteiger partial charge in [0.05, 0.1) is 16.9 Å². The highest BCUT2D eigenvalue weighted by Gasteiger charge is 2.29. The third-order valence-electron chi connectivity index (χ3n) is 1.74. The van der Waals surface area contributed by atoms with Crippen molar-refractivity contribution in [1.29, 1.82) is 0 Å². The predicted molar refractivity (Wildman–Crippen MR) is 46.5 cm³/mol. The number of hydrogen-bond donors (Lipinski definition) is 2. The molecule has 0 saturated carbocycles. The zero-order valence-electron chi connectivity index (χ0n) is 7.60. The average Bonchev–Trinajstić information content (AvgIpc) is 2.11. The molecule has 1 heterocycles. The minimum absolute atomic E-state index is 0.117. The normalized spacial score (nSPS) is 9.86. The lowest BCUT2D eigenvalue weighted by Crippen LogP contribution is -2.26. The van der Waals surface area contributed by atoms with E-state index in [4.69, 9.17) is 5.73 Å². The lowest BCUT2D eigenvalue weighted by atomic mass is 10.3. The van der Waals surface area contributed by atoms with E-state index in [0.29, 0.717) is 0 Å². The molecule has 0 aromatic carbocycles. The van der Waals surface area contributed by atoms with Crippen LogP contribution in [0.25, 0.3) is 0 Å². The van der Waals surface area contributed by atoms with Crippen LogP contribution < -0.4 is 15.0 Å². The smallest absolute Gasteiger partial charge is 0.371 e. The van der Waals surface area contributed by atoms with E-state index in [0.717, 1.165) is 0 Å². The van der Waals surface area contributed by atoms with Crippen molar-refractivity contribution < 1.29 is 14.2 Å². The highest BCUT2D eigenvalue weighted by atomic mass is 16.6. The molecule has 1 aromatic rings. The summed E-state index contributed by atoms with van der Waals surface area (Å²) in [5.74, 6) is -0.127. The molecule has 76 valence electrons. The van der Waals surface area contributed by atoms with Crippen LogP contribution in [0.15, 0.2) is 0 Å². The molecule has 0 radical (unpaired) electrons. The first kappa shape index (κ1) is 9.96. The number of aromatic nitrogens is 2. The molecule has 0 amide bonds. The maximum Gasteiger partial charge on any atom is 0.371 e. The van der Waals surface area contributed by atoms with Crippen LogP contribution in [0.5, 0.6) is 5.88 Å². The Morgan fingerprint density at radius 3 is 2.64 bits per heavy atom. The molecule has 1 aromatic heterocycles. The summed E-state index contributed by atoms with van der Waals surface area (Å²) in [6.45, 7) is 1.29. The number of H-pyrrole nitrogens is 1. The Morgan fingerprint density at radius 2 is 2.21 bits per heavy atom. The van der Waals surface area contributed by atoms with Gasteiger partial charge in [0.1, 0.15) is 0 Å². The van der Waals surface area contributed by atoms with Gasteiger partial charge >= 0.3 is 11.4 Å². The van der Waals surface area contributed by atoms with E-state index in [-0.39, 0.29) is 21.8 Å². The number of aromatic amines is 1. The van der Waals surface area contributed by atoms with Gasteiger partial charge in [-0.25, -0.2) is 0 Å². The number of anilines is 1. The summed E-state index contributed by atoms with van der Waals surface area (Å²) in [4.78, 5) is 20.9. The molecule has 3 N–H and O–H groups in total. The van der Waals surface area contributed by atoms with Gasteiger partial charge in [0.2, 0.25) is 0 Å². The number of nitrogens with one attached hydrogen (secondary N) is 1. The number of nitrogen functional groups attached to an aromatic ring is 1. The van der Waals surface area contributed by atoms with Crippen LogP contribution in [0.2, 0.25) is 0 Å². The summed E-state index contributed by atoms with van der Waals surface area (Å²) in [6, 6.07) is 0. The maximum atomic E-state index is 11.1. The molecule has 0 aliphatic carbocycles. The van der Waals surface area contributed by atoms with Gasteiger partial charge in [-0.2, -0.15) is 0 Å². The summed E-state index contributed by atoms with van der Waals surface area (Å²) >= 11 is 0. The minimum Gasteiger partial charge on any atom is -0.477 e. The zero-order chi connectivity index (χ0) is 10.9. The van der Waals surface area contributed by atoms with E-state index in [9.17, 15) is 15.0 Å². The topological polar surface area (TPSA) is 117 Å². The molecular formula is C6H9N4O4+. The van der Waals surface area contributed by atoms with E-state index in [1.54, 1.807) is 0 Å². The number of methoxy groups -OCH3 is 1. The van der Waals surface area contributed by atoms with Crippen LogP contribution in [0.4, 0.5) is 11.4 Å². The summed E-state index contributed by atoms with van der Waals surface area (Å²) < 4.78 is 4.90. The number of hydrogen-bond acceptors (Lipinski definition) is 5. The lowest BCUT2D eigenvalue weighted by Gasteiger charge is -2.00. The Bertz CT molecular complexity index is 438. The first-order valence-corrected chi connectivity index (χ1v) is 3.62. The van der Waals surface area contributed by atoms with Crippen LogP contribution in [-0.4, -0.2) is 17.1 Å². The second-order valence-corrected chi connectivity index (χ2v) is 2.54. The van der Waals surface area contributed by atoms with Gasteiger partial charge in [-0.05, 0) is 0 Å². The fourth-order valence-electron chi connectivity index (χ4n) is 1.02. The van der Waals surface area contributed by atoms with Crippen LogP contribution in [0.3, 0.4) is 0 Å². The molecule has 0 fully saturated rings. The Hall–Kier alpha value is -2.12. The number of nitrogens with zero attached hydrogens (tertiary/aromatic N) is 2. The van der Waals surface area contributed by atoms with Gasteiger partial charge in [-0.3, -0.25) is 10.1 Å². The van der Waals surface area contributed by atoms with E-state index in [1.807, 2.05) is 0 Å². The number of nitrogens with two attached hydrogens (primary N) is 1. The van der Waals surface area contributed by atoms with E-state index >= 15 is 0 Å². The summed E-state index contributed by atoms with van der Waals surface area (Å²) in [5, 5.41) is 12.8. The molecule has 14 heavy (non-hydrogen) atoms. The molecule has 0 aliphatic heterocycles. The van der Waals surface area contributed by atoms with Crippen molar-refractivity contribution in [3.05, 3.63) is 20.7 Å². The molecule has 8 nitrogen and oxygen atoms in total. The van der Waals surface area contributed by atoms with Crippen molar-refractivity contribution in [3.8, 4) is 5.88 Å². The van der Waals surface area contributed by atoms with Crippen LogP contribution in [-0.2, 0) is 0 Å². The second kappa shape index (κ2) is 3.32. The van der Waals surface area contributed by atoms with Gasteiger partial charge in [-0.15, -0.1) is 0 Å². The molecule has 1 rings (SSSR count). The minimum atomic E-state index is -0.727. The van der Waals surface area contributed by atoms with Crippen LogP contribution in [0.1, 0.15) is 5.69 Å². The number of ether oxygens (including phenoxy) is 1. The molecule has 0 atom stereocenters. The van der Waals surface area contributed by atoms with Gasteiger partial charge in [-0.1, -0.05) is 5.10 Å². The van der Waals surface area contributed by atoms with Crippen molar-refractivity contribution in [2.45, 2.75) is 6.92 Å². The molecule has 8 heteroatoms. The third kappa shape index (κ3) is 1.37. The number of nitro groups is 1. The fraction of sp³-hybridized carbons (Fsp3) is 0.333. The molecule has 0 aliphatic rings. The van der Waals surface area contributed by atoms with Gasteiger partial charge < -0.3 is 10.5 Å². The van der Waals surface area contributed by atoms with E-state index in [2.05, 4.69) is 9.84 Å². The standard InChI is InChI=1S/C6H9N4O4/c1-3-5(10(12)13)4(7)6(14-2)8-9(3)11/h7H2,1-2H3,(H,8,11)/q+1. The zero-order valence-corrected chi connectivity index (χ0v) is 7.60. The molecule has 0 unspecified atom stereocenters. The maximum absolute atomic E-state index is 11.1. The Kier molecular flexibility index (Phi) is 2.36. The quantitative estimate of drug-likeness (QED) is 0.388. The van der Waals surface area contributed by atoms with E-state index in [1.165, 1.54) is 14.0 Å². The lowest BCUT2D eigenvalue weighted by molar-refractivity contribution is -0.577. The molecule has 0 spiro atoms. The monoisotopic (exact) mass is 201 g/mol. The molecule has 0 saturated heterocycles. The summed E-state index contributed by atoms with van der Waals surface area (Å²) in [6.07, 6.45) is 0. The van der Waals surface area contributed by atoms with Crippen LogP contribution in [0, 0.1) is 21.9 Å². The Labute approximate surface area is 78.0 Å². The van der Waals surface area contributed by atoms with Crippen LogP contribution >= 0.6 is 0 Å². The highest BCUT2D eigenvalue weighted by molar-refractivity contribution is 5.64. The first-order chi connectivity index (χ1) is 6.49. The highest BCUT2D eigenvalue weighted by Crippen LogP contribution is 2.28. The third-order valence-corrected chi connectivity index (χ3v) is 1.74. The van der Waals surface area contributed by atoms with Crippen molar-refractivity contribution in [3.63, 3.8) is 0 Å². The van der Waals surface area contributed by atoms with Gasteiger partial charge in [0.15, 0.2) is 10.2 Å². The average molecular weight is 201 g/mol. The SMILES string of the molecule is COc1[nH][n+](=O)c(C)c([N+](=O)[O-])c1N. The van der Waals surface area contributed by atoms with Gasteiger partial charge in [0.25, 0.3) is 5.88 Å². The summed E-state index contributed by atoms with van der Waals surface area (Å²) in [7, 11) is 1.25. The molecular weight excluding hydrogens is 192 g/mol. The second-order valence-electron chi connectivity index (χ2n) is 2.54. The Morgan fingerprint density at radius 1 is 1.64 bits per heavy atom. The van der Waals surface area contributed by atoms with Crippen molar-refractivity contribution in [2.75, 3.05) is 12.8 Å². The van der Waals surface area contributed by atoms with Gasteiger partial charge in [0, 0.05) is 6.92 Å². The Balaban J connectivity index is 3.61. The van der Waals surface area contributed by atoms with E-state index < -0.39 is 10.6 Å². The van der Waals surface area contributed by atoms with Crippen molar-refractivity contribution in [1.82, 2.24) is 5.10 Å². The molecule has 0 bridgehead atoms. The predicted octanol–water partition coefficient (Wildman–Crippen LogP) is -0.263. The summed E-state index contributed by atoms with van der Waals surface area (Å²) in [5.41, 5.74) is 4.66. The largest absolute Gasteiger partial charge is 0.477 e. The first-order valence-electron chi connectivity index (χ1n) is 3.62.